The van der Waals surface area contributed by atoms with Gasteiger partial charge in [-0.2, -0.15) is 5.10 Å². The molecule has 0 fully saturated rings. The second-order valence-corrected chi connectivity index (χ2v) is 2.93. The van der Waals surface area contributed by atoms with Crippen LogP contribution in [0.25, 0.3) is 17.1 Å². The van der Waals surface area contributed by atoms with Crippen LogP contribution in [0.2, 0.25) is 0 Å². The van der Waals surface area contributed by atoms with Gasteiger partial charge in [0.15, 0.2) is 11.4 Å². The van der Waals surface area contributed by atoms with Gasteiger partial charge in [-0.3, -0.25) is 0 Å². The zero-order valence-corrected chi connectivity index (χ0v) is 7.29. The number of hydrogen-bond acceptors (Lipinski definition) is 3. The summed E-state index contributed by atoms with van der Waals surface area (Å²) in [6.45, 7) is 0. The van der Waals surface area contributed by atoms with Crippen LogP contribution in [-0.2, 0) is 0 Å². The lowest BCUT2D eigenvalue weighted by Gasteiger charge is -1.87. The molecular weight excluding hydrogens is 178 g/mol. The third kappa shape index (κ3) is 1.01. The summed E-state index contributed by atoms with van der Waals surface area (Å²) in [5, 5.41) is 4.32. The van der Waals surface area contributed by atoms with Gasteiger partial charge in [-0.15, -0.1) is 0 Å². The first-order valence-electron chi connectivity index (χ1n) is 4.28. The van der Waals surface area contributed by atoms with Crippen LogP contribution in [0.5, 0.6) is 0 Å². The smallest absolute Gasteiger partial charge is 0.155 e. The van der Waals surface area contributed by atoms with Crippen molar-refractivity contribution in [2.24, 2.45) is 0 Å². The van der Waals surface area contributed by atoms with Crippen molar-refractivity contribution in [3.05, 3.63) is 42.9 Å². The maximum absolute atomic E-state index is 5.25. The SMILES string of the molecule is c1coc(-c2cc3ncccn3n2)c1. The van der Waals surface area contributed by atoms with Crippen molar-refractivity contribution in [1.82, 2.24) is 14.6 Å². The number of fused-ring (bicyclic) bond motifs is 1. The summed E-state index contributed by atoms with van der Waals surface area (Å²) in [4.78, 5) is 4.17. The van der Waals surface area contributed by atoms with Gasteiger partial charge >= 0.3 is 0 Å². The Morgan fingerprint density at radius 1 is 1.29 bits per heavy atom. The summed E-state index contributed by atoms with van der Waals surface area (Å²) < 4.78 is 6.97. The molecule has 3 aromatic rings. The van der Waals surface area contributed by atoms with Gasteiger partial charge in [0.1, 0.15) is 5.69 Å². The fourth-order valence-corrected chi connectivity index (χ4v) is 1.37. The molecule has 0 saturated carbocycles. The third-order valence-electron chi connectivity index (χ3n) is 2.01. The van der Waals surface area contributed by atoms with E-state index in [1.165, 1.54) is 0 Å². The van der Waals surface area contributed by atoms with E-state index in [-0.39, 0.29) is 0 Å². The number of nitrogens with zero attached hydrogens (tertiary/aromatic N) is 3. The number of rotatable bonds is 1. The van der Waals surface area contributed by atoms with Crippen LogP contribution in [-0.4, -0.2) is 14.6 Å². The molecule has 0 atom stereocenters. The fourth-order valence-electron chi connectivity index (χ4n) is 1.37. The first-order valence-corrected chi connectivity index (χ1v) is 4.28. The maximum Gasteiger partial charge on any atom is 0.155 e. The molecule has 0 N–H and O–H groups in total. The lowest BCUT2D eigenvalue weighted by atomic mass is 10.3. The van der Waals surface area contributed by atoms with Crippen molar-refractivity contribution < 1.29 is 4.42 Å². The number of furan rings is 1. The van der Waals surface area contributed by atoms with E-state index in [1.54, 1.807) is 17.0 Å². The average molecular weight is 185 g/mol. The lowest BCUT2D eigenvalue weighted by molar-refractivity contribution is 0.579. The highest BCUT2D eigenvalue weighted by Crippen LogP contribution is 2.18. The van der Waals surface area contributed by atoms with Gasteiger partial charge in [0, 0.05) is 18.5 Å². The lowest BCUT2D eigenvalue weighted by Crippen LogP contribution is -1.86. The van der Waals surface area contributed by atoms with Crippen LogP contribution in [0.4, 0.5) is 0 Å². The zero-order valence-electron chi connectivity index (χ0n) is 7.29. The molecule has 4 heteroatoms. The van der Waals surface area contributed by atoms with Gasteiger partial charge in [0.2, 0.25) is 0 Å². The van der Waals surface area contributed by atoms with Crippen molar-refractivity contribution in [1.29, 1.82) is 0 Å². The molecule has 0 spiro atoms. The highest BCUT2D eigenvalue weighted by atomic mass is 16.3. The Morgan fingerprint density at radius 3 is 3.07 bits per heavy atom. The van der Waals surface area contributed by atoms with Crippen molar-refractivity contribution in [2.45, 2.75) is 0 Å². The van der Waals surface area contributed by atoms with Crippen LogP contribution in [0.1, 0.15) is 0 Å². The molecule has 4 nitrogen and oxygen atoms in total. The standard InChI is InChI=1S/C10H7N3O/c1-3-9(14-6-1)8-7-10-11-4-2-5-13(10)12-8/h1-7H. The summed E-state index contributed by atoms with van der Waals surface area (Å²) in [6, 6.07) is 7.44. The summed E-state index contributed by atoms with van der Waals surface area (Å²) in [6.07, 6.45) is 5.23. The van der Waals surface area contributed by atoms with Gasteiger partial charge in [-0.05, 0) is 18.2 Å². The summed E-state index contributed by atoms with van der Waals surface area (Å²) in [5.41, 5.74) is 1.62. The second-order valence-electron chi connectivity index (χ2n) is 2.93. The predicted molar refractivity (Wildman–Crippen MR) is 50.7 cm³/mol. The molecule has 3 heterocycles. The molecule has 0 saturated heterocycles. The maximum atomic E-state index is 5.25. The Balaban J connectivity index is 2.24. The Morgan fingerprint density at radius 2 is 2.29 bits per heavy atom. The van der Waals surface area contributed by atoms with Gasteiger partial charge in [0.25, 0.3) is 0 Å². The van der Waals surface area contributed by atoms with E-state index in [9.17, 15) is 0 Å². The summed E-state index contributed by atoms with van der Waals surface area (Å²) >= 11 is 0. The monoisotopic (exact) mass is 185 g/mol. The van der Waals surface area contributed by atoms with Gasteiger partial charge in [-0.1, -0.05) is 0 Å². The highest BCUT2D eigenvalue weighted by Gasteiger charge is 2.05. The van der Waals surface area contributed by atoms with Gasteiger partial charge in [0.05, 0.1) is 6.26 Å². The van der Waals surface area contributed by atoms with Crippen molar-refractivity contribution in [3.8, 4) is 11.5 Å². The molecule has 0 radical (unpaired) electrons. The van der Waals surface area contributed by atoms with Crippen molar-refractivity contribution >= 4 is 5.65 Å². The highest BCUT2D eigenvalue weighted by molar-refractivity contribution is 5.58. The molecule has 3 aromatic heterocycles. The number of aromatic nitrogens is 3. The molecule has 0 aliphatic carbocycles. The third-order valence-corrected chi connectivity index (χ3v) is 2.01. The van der Waals surface area contributed by atoms with E-state index >= 15 is 0 Å². The van der Waals surface area contributed by atoms with Crippen LogP contribution < -0.4 is 0 Å². The van der Waals surface area contributed by atoms with Gasteiger partial charge < -0.3 is 4.42 Å². The molecule has 3 rings (SSSR count). The zero-order chi connectivity index (χ0) is 9.38. The summed E-state index contributed by atoms with van der Waals surface area (Å²) in [7, 11) is 0. The molecule has 0 aliphatic heterocycles. The molecular formula is C10H7N3O. The van der Waals surface area contributed by atoms with Crippen LogP contribution >= 0.6 is 0 Å². The van der Waals surface area contributed by atoms with Crippen LogP contribution in [0.15, 0.2) is 47.3 Å². The molecule has 0 bridgehead atoms. The average Bonchev–Trinajstić information content (AvgIpc) is 2.86. The molecule has 14 heavy (non-hydrogen) atoms. The predicted octanol–water partition coefficient (Wildman–Crippen LogP) is 1.99. The Labute approximate surface area is 79.8 Å². The van der Waals surface area contributed by atoms with Crippen molar-refractivity contribution in [3.63, 3.8) is 0 Å². The van der Waals surface area contributed by atoms with E-state index < -0.39 is 0 Å². The molecule has 68 valence electrons. The van der Waals surface area contributed by atoms with E-state index in [1.807, 2.05) is 30.5 Å². The van der Waals surface area contributed by atoms with E-state index in [4.69, 9.17) is 4.42 Å². The quantitative estimate of drug-likeness (QED) is 0.582. The summed E-state index contributed by atoms with van der Waals surface area (Å²) in [5.74, 6) is 0.760. The van der Waals surface area contributed by atoms with Crippen molar-refractivity contribution in [2.75, 3.05) is 0 Å². The van der Waals surface area contributed by atoms with E-state index in [0.29, 0.717) is 0 Å². The Bertz CT molecular complexity index is 521. The Hall–Kier alpha value is -2.10. The minimum Gasteiger partial charge on any atom is -0.463 e. The van der Waals surface area contributed by atoms with Gasteiger partial charge in [-0.25, -0.2) is 9.50 Å². The van der Waals surface area contributed by atoms with Crippen LogP contribution in [0.3, 0.4) is 0 Å². The Kier molecular flexibility index (Phi) is 1.41. The molecule has 0 aromatic carbocycles. The fraction of sp³-hybridized carbons (Fsp3) is 0. The minimum atomic E-state index is 0.760. The normalized spacial score (nSPS) is 10.9. The van der Waals surface area contributed by atoms with E-state index in [2.05, 4.69) is 10.1 Å². The first-order chi connectivity index (χ1) is 6.93. The second kappa shape index (κ2) is 2.70. The van der Waals surface area contributed by atoms with Crippen LogP contribution in [0, 0.1) is 0 Å². The minimum absolute atomic E-state index is 0.760. The topological polar surface area (TPSA) is 43.3 Å². The number of hydrogen-bond donors (Lipinski definition) is 0. The van der Waals surface area contributed by atoms with E-state index in [0.717, 1.165) is 17.1 Å². The molecule has 0 amide bonds. The largest absolute Gasteiger partial charge is 0.463 e. The molecule has 0 aliphatic rings. The first kappa shape index (κ1) is 7.32. The molecule has 0 unspecified atom stereocenters.